The van der Waals surface area contributed by atoms with Crippen LogP contribution in [0.15, 0.2) is 42.6 Å². The fraction of sp³-hybridized carbons (Fsp3) is 0.429. The Balaban J connectivity index is 1.44. The highest BCUT2D eigenvalue weighted by molar-refractivity contribution is 5.94. The van der Waals surface area contributed by atoms with Gasteiger partial charge in [0.25, 0.3) is 5.91 Å². The molecule has 6 nitrogen and oxygen atoms in total. The number of ether oxygens (including phenoxy) is 2. The van der Waals surface area contributed by atoms with Crippen molar-refractivity contribution in [3.05, 3.63) is 48.2 Å². The lowest BCUT2D eigenvalue weighted by molar-refractivity contribution is 0.0682. The van der Waals surface area contributed by atoms with E-state index in [0.29, 0.717) is 24.6 Å². The highest BCUT2D eigenvalue weighted by atomic mass is 16.5. The smallest absolute Gasteiger partial charge is 0.255 e. The highest BCUT2D eigenvalue weighted by Crippen LogP contribution is 2.18. The van der Waals surface area contributed by atoms with Gasteiger partial charge < -0.3 is 19.7 Å². The Bertz CT molecular complexity index is 731. The van der Waals surface area contributed by atoms with E-state index in [4.69, 9.17) is 9.47 Å². The van der Waals surface area contributed by atoms with Gasteiger partial charge in [-0.1, -0.05) is 6.92 Å². The molecule has 1 unspecified atom stereocenters. The van der Waals surface area contributed by atoms with E-state index in [2.05, 4.69) is 17.2 Å². The average Bonchev–Trinajstić information content (AvgIpc) is 2.71. The SMILES string of the molecule is COc1ccc(OCCNc2ccc(C(=O)N3CCCC(C)C3)cn2)cc1. The maximum Gasteiger partial charge on any atom is 0.255 e. The van der Waals surface area contributed by atoms with Crippen molar-refractivity contribution in [2.45, 2.75) is 19.8 Å². The van der Waals surface area contributed by atoms with Crippen molar-refractivity contribution < 1.29 is 14.3 Å². The van der Waals surface area contributed by atoms with Crippen LogP contribution in [0.25, 0.3) is 0 Å². The summed E-state index contributed by atoms with van der Waals surface area (Å²) in [6, 6.07) is 11.2. The first-order valence-corrected chi connectivity index (χ1v) is 9.42. The van der Waals surface area contributed by atoms with Gasteiger partial charge in [-0.2, -0.15) is 0 Å². The molecule has 0 saturated carbocycles. The number of pyridine rings is 1. The van der Waals surface area contributed by atoms with E-state index in [0.717, 1.165) is 36.8 Å². The molecule has 1 fully saturated rings. The van der Waals surface area contributed by atoms with Crippen LogP contribution in [-0.4, -0.2) is 49.1 Å². The first-order chi connectivity index (χ1) is 13.2. The third kappa shape index (κ3) is 5.36. The Morgan fingerprint density at radius 2 is 2.00 bits per heavy atom. The van der Waals surface area contributed by atoms with Gasteiger partial charge in [0.1, 0.15) is 23.9 Å². The lowest BCUT2D eigenvalue weighted by Crippen LogP contribution is -2.39. The highest BCUT2D eigenvalue weighted by Gasteiger charge is 2.22. The quantitative estimate of drug-likeness (QED) is 0.758. The van der Waals surface area contributed by atoms with E-state index in [1.54, 1.807) is 13.3 Å². The maximum absolute atomic E-state index is 12.6. The first kappa shape index (κ1) is 19.0. The van der Waals surface area contributed by atoms with Crippen LogP contribution in [0.4, 0.5) is 5.82 Å². The molecule has 2 aromatic rings. The van der Waals surface area contributed by atoms with Crippen LogP contribution in [0.3, 0.4) is 0 Å². The van der Waals surface area contributed by atoms with E-state index in [1.807, 2.05) is 41.3 Å². The predicted molar refractivity (Wildman–Crippen MR) is 106 cm³/mol. The number of hydrogen-bond acceptors (Lipinski definition) is 5. The van der Waals surface area contributed by atoms with E-state index in [9.17, 15) is 4.79 Å². The Morgan fingerprint density at radius 1 is 1.22 bits per heavy atom. The van der Waals surface area contributed by atoms with Gasteiger partial charge in [0.15, 0.2) is 0 Å². The van der Waals surface area contributed by atoms with Crippen molar-refractivity contribution >= 4 is 11.7 Å². The Morgan fingerprint density at radius 3 is 2.67 bits per heavy atom. The number of aromatic nitrogens is 1. The van der Waals surface area contributed by atoms with Gasteiger partial charge in [-0.3, -0.25) is 4.79 Å². The molecule has 1 amide bonds. The number of carbonyl (C=O) groups is 1. The second kappa shape index (κ2) is 9.26. The minimum absolute atomic E-state index is 0.0726. The van der Waals surface area contributed by atoms with E-state index >= 15 is 0 Å². The van der Waals surface area contributed by atoms with Gasteiger partial charge in [0.2, 0.25) is 0 Å². The van der Waals surface area contributed by atoms with Gasteiger partial charge in [-0.15, -0.1) is 0 Å². The number of nitrogens with one attached hydrogen (secondary N) is 1. The standard InChI is InChI=1S/C21H27N3O3/c1-16-4-3-12-24(15-16)21(25)17-5-10-20(23-14-17)22-11-13-27-19-8-6-18(26-2)7-9-19/h5-10,14,16H,3-4,11-13,15H2,1-2H3,(H,22,23). The lowest BCUT2D eigenvalue weighted by Gasteiger charge is -2.30. The minimum atomic E-state index is 0.0726. The van der Waals surface area contributed by atoms with Crippen LogP contribution in [0.1, 0.15) is 30.1 Å². The maximum atomic E-state index is 12.6. The topological polar surface area (TPSA) is 63.7 Å². The number of amides is 1. The molecule has 1 aliphatic rings. The summed E-state index contributed by atoms with van der Waals surface area (Å²) in [7, 11) is 1.64. The molecule has 0 bridgehead atoms. The summed E-state index contributed by atoms with van der Waals surface area (Å²) in [4.78, 5) is 18.8. The number of hydrogen-bond donors (Lipinski definition) is 1. The molecule has 1 aromatic carbocycles. The number of rotatable bonds is 7. The molecule has 2 heterocycles. The average molecular weight is 369 g/mol. The minimum Gasteiger partial charge on any atom is -0.497 e. The van der Waals surface area contributed by atoms with Gasteiger partial charge in [0.05, 0.1) is 19.2 Å². The third-order valence-corrected chi connectivity index (χ3v) is 4.69. The third-order valence-electron chi connectivity index (χ3n) is 4.69. The predicted octanol–water partition coefficient (Wildman–Crippen LogP) is 3.45. The summed E-state index contributed by atoms with van der Waals surface area (Å²) in [5, 5.41) is 3.20. The number of benzene rings is 1. The summed E-state index contributed by atoms with van der Waals surface area (Å²) in [6.07, 6.45) is 3.92. The van der Waals surface area contributed by atoms with Crippen LogP contribution in [0, 0.1) is 5.92 Å². The van der Waals surface area contributed by atoms with E-state index in [1.165, 1.54) is 6.42 Å². The van der Waals surface area contributed by atoms with Crippen molar-refractivity contribution in [1.29, 1.82) is 0 Å². The summed E-state index contributed by atoms with van der Waals surface area (Å²) >= 11 is 0. The molecular formula is C21H27N3O3. The molecule has 1 aromatic heterocycles. The van der Waals surface area contributed by atoms with Gasteiger partial charge in [-0.05, 0) is 55.2 Å². The number of likely N-dealkylation sites (tertiary alicyclic amines) is 1. The van der Waals surface area contributed by atoms with E-state index < -0.39 is 0 Å². The van der Waals surface area contributed by atoms with Crippen molar-refractivity contribution in [2.75, 3.05) is 38.7 Å². The molecule has 27 heavy (non-hydrogen) atoms. The molecular weight excluding hydrogens is 342 g/mol. The Labute approximate surface area is 160 Å². The number of carbonyl (C=O) groups excluding carboxylic acids is 1. The Hall–Kier alpha value is -2.76. The van der Waals surface area contributed by atoms with Gasteiger partial charge >= 0.3 is 0 Å². The zero-order valence-corrected chi connectivity index (χ0v) is 16.0. The molecule has 1 N–H and O–H groups in total. The molecule has 3 rings (SSSR count). The molecule has 6 heteroatoms. The monoisotopic (exact) mass is 369 g/mol. The van der Waals surface area contributed by atoms with Crippen molar-refractivity contribution in [3.8, 4) is 11.5 Å². The summed E-state index contributed by atoms with van der Waals surface area (Å²) in [6.45, 7) is 5.00. The zero-order valence-electron chi connectivity index (χ0n) is 16.0. The van der Waals surface area contributed by atoms with Crippen LogP contribution in [0.2, 0.25) is 0 Å². The number of anilines is 1. The second-order valence-electron chi connectivity index (χ2n) is 6.88. The van der Waals surface area contributed by atoms with Gasteiger partial charge in [-0.25, -0.2) is 4.98 Å². The van der Waals surface area contributed by atoms with Crippen molar-refractivity contribution in [2.24, 2.45) is 5.92 Å². The molecule has 144 valence electrons. The van der Waals surface area contributed by atoms with Crippen LogP contribution >= 0.6 is 0 Å². The molecule has 1 atom stereocenters. The molecule has 1 saturated heterocycles. The summed E-state index contributed by atoms with van der Waals surface area (Å²) in [5.74, 6) is 2.98. The lowest BCUT2D eigenvalue weighted by atomic mass is 10.00. The number of piperidine rings is 1. The fourth-order valence-electron chi connectivity index (χ4n) is 3.20. The molecule has 1 aliphatic heterocycles. The second-order valence-corrected chi connectivity index (χ2v) is 6.88. The fourth-order valence-corrected chi connectivity index (χ4v) is 3.20. The number of methoxy groups -OCH3 is 1. The van der Waals surface area contributed by atoms with E-state index in [-0.39, 0.29) is 5.91 Å². The Kier molecular flexibility index (Phi) is 6.52. The molecule has 0 radical (unpaired) electrons. The summed E-state index contributed by atoms with van der Waals surface area (Å²) < 4.78 is 10.8. The number of nitrogens with zero attached hydrogens (tertiary/aromatic N) is 2. The first-order valence-electron chi connectivity index (χ1n) is 9.42. The van der Waals surface area contributed by atoms with Crippen molar-refractivity contribution in [1.82, 2.24) is 9.88 Å². The van der Waals surface area contributed by atoms with Crippen LogP contribution in [0.5, 0.6) is 11.5 Å². The molecule has 0 spiro atoms. The summed E-state index contributed by atoms with van der Waals surface area (Å²) in [5.41, 5.74) is 0.643. The largest absolute Gasteiger partial charge is 0.497 e. The zero-order chi connectivity index (χ0) is 19.1. The van der Waals surface area contributed by atoms with Gasteiger partial charge in [0, 0.05) is 19.3 Å². The van der Waals surface area contributed by atoms with Crippen LogP contribution in [-0.2, 0) is 0 Å². The van der Waals surface area contributed by atoms with Crippen LogP contribution < -0.4 is 14.8 Å². The molecule has 0 aliphatic carbocycles. The van der Waals surface area contributed by atoms with Crippen molar-refractivity contribution in [3.63, 3.8) is 0 Å². The normalized spacial score (nSPS) is 16.7.